The van der Waals surface area contributed by atoms with Crippen LogP contribution in [0.25, 0.3) is 0 Å². The third-order valence-corrected chi connectivity index (χ3v) is 7.15. The van der Waals surface area contributed by atoms with Gasteiger partial charge in [-0.25, -0.2) is 13.1 Å². The van der Waals surface area contributed by atoms with Crippen LogP contribution >= 0.6 is 0 Å². The van der Waals surface area contributed by atoms with Crippen LogP contribution in [0.2, 0.25) is 0 Å². The van der Waals surface area contributed by atoms with Crippen LogP contribution in [0.3, 0.4) is 0 Å². The number of likely N-dealkylation sites (tertiary alicyclic amines) is 1. The standard InChI is InChI=1S/C29H36N2O4S/c1-23-18-25(10-11-27(23)21-30-36(2,32)33)19-26-12-13-28(35-22-24-8-4-3-5-9-24)20-29(26)34-17-16-31-14-6-7-15-31/h3-5,8-13,18,20,30H,6-7,14-17,19,21-22H2,1-2H3. The molecule has 1 fully saturated rings. The lowest BCUT2D eigenvalue weighted by Gasteiger charge is -2.18. The Hall–Kier alpha value is -2.87. The molecule has 0 saturated carbocycles. The summed E-state index contributed by atoms with van der Waals surface area (Å²) in [6, 6.07) is 22.4. The van der Waals surface area contributed by atoms with Crippen LogP contribution in [-0.4, -0.2) is 45.8 Å². The van der Waals surface area contributed by atoms with E-state index in [-0.39, 0.29) is 0 Å². The number of nitrogens with one attached hydrogen (secondary N) is 1. The average Bonchev–Trinajstić information content (AvgIpc) is 3.37. The van der Waals surface area contributed by atoms with Crippen molar-refractivity contribution in [3.05, 3.63) is 94.5 Å². The molecule has 0 amide bonds. The van der Waals surface area contributed by atoms with Crippen molar-refractivity contribution in [3.63, 3.8) is 0 Å². The van der Waals surface area contributed by atoms with Gasteiger partial charge in [0.05, 0.1) is 6.26 Å². The Morgan fingerprint density at radius 2 is 1.64 bits per heavy atom. The highest BCUT2D eigenvalue weighted by molar-refractivity contribution is 7.88. The molecule has 1 saturated heterocycles. The molecule has 0 aliphatic carbocycles. The van der Waals surface area contributed by atoms with Crippen molar-refractivity contribution in [2.45, 2.75) is 39.3 Å². The Bertz CT molecular complexity index is 1240. The summed E-state index contributed by atoms with van der Waals surface area (Å²) in [5.41, 5.74) is 5.40. The molecule has 3 aromatic carbocycles. The summed E-state index contributed by atoms with van der Waals surface area (Å²) in [6.45, 7) is 6.68. The third-order valence-electron chi connectivity index (χ3n) is 6.48. The van der Waals surface area contributed by atoms with Crippen molar-refractivity contribution in [2.24, 2.45) is 0 Å². The van der Waals surface area contributed by atoms with Gasteiger partial charge in [-0.05, 0) is 66.7 Å². The third kappa shape index (κ3) is 8.08. The lowest BCUT2D eigenvalue weighted by Crippen LogP contribution is -2.25. The van der Waals surface area contributed by atoms with Crippen molar-refractivity contribution in [1.29, 1.82) is 0 Å². The summed E-state index contributed by atoms with van der Waals surface area (Å²) >= 11 is 0. The molecule has 1 heterocycles. The van der Waals surface area contributed by atoms with Gasteiger partial charge in [-0.2, -0.15) is 0 Å². The van der Waals surface area contributed by atoms with Crippen LogP contribution in [0.1, 0.15) is 40.7 Å². The first kappa shape index (κ1) is 26.2. The molecule has 7 heteroatoms. The number of aryl methyl sites for hydroxylation is 1. The van der Waals surface area contributed by atoms with Gasteiger partial charge in [-0.15, -0.1) is 0 Å². The maximum absolute atomic E-state index is 11.4. The quantitative estimate of drug-likeness (QED) is 0.385. The molecule has 1 aliphatic heterocycles. The number of nitrogens with zero attached hydrogens (tertiary/aromatic N) is 1. The minimum absolute atomic E-state index is 0.295. The predicted octanol–water partition coefficient (Wildman–Crippen LogP) is 4.69. The molecule has 0 aromatic heterocycles. The Kier molecular flexibility index (Phi) is 9.02. The molecule has 36 heavy (non-hydrogen) atoms. The lowest BCUT2D eigenvalue weighted by atomic mass is 9.99. The molecule has 1 aliphatic rings. The number of hydrogen-bond donors (Lipinski definition) is 1. The van der Waals surface area contributed by atoms with Crippen LogP contribution in [0.15, 0.2) is 66.7 Å². The maximum Gasteiger partial charge on any atom is 0.209 e. The molecular weight excluding hydrogens is 472 g/mol. The molecule has 0 bridgehead atoms. The zero-order chi connectivity index (χ0) is 25.4. The number of rotatable bonds is 12. The molecular formula is C29H36N2O4S. The fraction of sp³-hybridized carbons (Fsp3) is 0.379. The van der Waals surface area contributed by atoms with Gasteiger partial charge in [-0.3, -0.25) is 4.90 Å². The molecule has 0 atom stereocenters. The Labute approximate surface area is 215 Å². The second-order valence-electron chi connectivity index (χ2n) is 9.47. The van der Waals surface area contributed by atoms with E-state index in [1.807, 2.05) is 43.3 Å². The topological polar surface area (TPSA) is 67.9 Å². The van der Waals surface area contributed by atoms with Crippen molar-refractivity contribution >= 4 is 10.0 Å². The maximum atomic E-state index is 11.4. The number of sulfonamides is 1. The summed E-state index contributed by atoms with van der Waals surface area (Å²) in [6.07, 6.45) is 4.43. The number of benzene rings is 3. The van der Waals surface area contributed by atoms with E-state index in [9.17, 15) is 8.42 Å². The van der Waals surface area contributed by atoms with E-state index in [1.54, 1.807) is 0 Å². The zero-order valence-corrected chi connectivity index (χ0v) is 22.0. The van der Waals surface area contributed by atoms with Crippen molar-refractivity contribution in [3.8, 4) is 11.5 Å². The minimum atomic E-state index is -3.23. The van der Waals surface area contributed by atoms with E-state index in [1.165, 1.54) is 19.1 Å². The fourth-order valence-electron chi connectivity index (χ4n) is 4.43. The monoisotopic (exact) mass is 508 g/mol. The smallest absolute Gasteiger partial charge is 0.209 e. The molecule has 192 valence electrons. The molecule has 0 unspecified atom stereocenters. The van der Waals surface area contributed by atoms with Crippen molar-refractivity contribution in [1.82, 2.24) is 9.62 Å². The molecule has 0 spiro atoms. The summed E-state index contributed by atoms with van der Waals surface area (Å²) < 4.78 is 37.8. The van der Waals surface area contributed by atoms with E-state index in [0.717, 1.165) is 65.4 Å². The molecule has 1 N–H and O–H groups in total. The highest BCUT2D eigenvalue weighted by atomic mass is 32.2. The highest BCUT2D eigenvalue weighted by Crippen LogP contribution is 2.28. The minimum Gasteiger partial charge on any atom is -0.492 e. The van der Waals surface area contributed by atoms with Gasteiger partial charge in [0.15, 0.2) is 0 Å². The average molecular weight is 509 g/mol. The largest absolute Gasteiger partial charge is 0.492 e. The van der Waals surface area contributed by atoms with Gasteiger partial charge in [0.1, 0.15) is 24.7 Å². The SMILES string of the molecule is Cc1cc(Cc2ccc(OCc3ccccc3)cc2OCCN2CCCC2)ccc1CNS(C)(=O)=O. The van der Waals surface area contributed by atoms with E-state index < -0.39 is 10.0 Å². The van der Waals surface area contributed by atoms with Gasteiger partial charge < -0.3 is 9.47 Å². The Morgan fingerprint density at radius 1 is 0.889 bits per heavy atom. The first-order chi connectivity index (χ1) is 17.4. The zero-order valence-electron chi connectivity index (χ0n) is 21.2. The van der Waals surface area contributed by atoms with Gasteiger partial charge in [0.2, 0.25) is 10.0 Å². The molecule has 4 rings (SSSR count). The van der Waals surface area contributed by atoms with Gasteiger partial charge >= 0.3 is 0 Å². The summed E-state index contributed by atoms with van der Waals surface area (Å²) in [4.78, 5) is 2.45. The summed E-state index contributed by atoms with van der Waals surface area (Å²) in [5.74, 6) is 1.64. The molecule has 6 nitrogen and oxygen atoms in total. The van der Waals surface area contributed by atoms with Crippen LogP contribution in [0, 0.1) is 6.92 Å². The normalized spacial score (nSPS) is 14.2. The highest BCUT2D eigenvalue weighted by Gasteiger charge is 2.13. The lowest BCUT2D eigenvalue weighted by molar-refractivity contribution is 0.235. The van der Waals surface area contributed by atoms with Crippen LogP contribution in [-0.2, 0) is 29.6 Å². The van der Waals surface area contributed by atoms with E-state index in [0.29, 0.717) is 19.8 Å². The van der Waals surface area contributed by atoms with Crippen LogP contribution in [0.4, 0.5) is 0 Å². The van der Waals surface area contributed by atoms with Gasteiger partial charge in [0, 0.05) is 25.6 Å². The Morgan fingerprint density at radius 3 is 2.36 bits per heavy atom. The summed E-state index contributed by atoms with van der Waals surface area (Å²) in [7, 11) is -3.23. The number of hydrogen-bond acceptors (Lipinski definition) is 5. The van der Waals surface area contributed by atoms with Crippen molar-refractivity contribution in [2.75, 3.05) is 32.5 Å². The van der Waals surface area contributed by atoms with Crippen LogP contribution < -0.4 is 14.2 Å². The van der Waals surface area contributed by atoms with Crippen LogP contribution in [0.5, 0.6) is 11.5 Å². The predicted molar refractivity (Wildman–Crippen MR) is 144 cm³/mol. The van der Waals surface area contributed by atoms with E-state index >= 15 is 0 Å². The van der Waals surface area contributed by atoms with Crippen molar-refractivity contribution < 1.29 is 17.9 Å². The van der Waals surface area contributed by atoms with E-state index in [4.69, 9.17) is 9.47 Å². The second kappa shape index (κ2) is 12.4. The first-order valence-corrected chi connectivity index (χ1v) is 14.4. The molecule has 0 radical (unpaired) electrons. The summed E-state index contributed by atoms with van der Waals surface area (Å²) in [5, 5.41) is 0. The first-order valence-electron chi connectivity index (χ1n) is 12.5. The van der Waals surface area contributed by atoms with E-state index in [2.05, 4.69) is 40.0 Å². The fourth-order valence-corrected chi connectivity index (χ4v) is 4.85. The Balaban J connectivity index is 1.46. The van der Waals surface area contributed by atoms with Gasteiger partial charge in [0.25, 0.3) is 0 Å². The molecule has 3 aromatic rings. The van der Waals surface area contributed by atoms with Gasteiger partial charge in [-0.1, -0.05) is 54.6 Å². The number of ether oxygens (including phenoxy) is 2. The second-order valence-corrected chi connectivity index (χ2v) is 11.3.